The highest BCUT2D eigenvalue weighted by atomic mass is 16.5. The number of methoxy groups -OCH3 is 1. The first-order chi connectivity index (χ1) is 10.6. The van der Waals surface area contributed by atoms with Crippen molar-refractivity contribution in [3.63, 3.8) is 0 Å². The molecular formula is C15H17N3O4. The molecule has 0 atom stereocenters. The minimum atomic E-state index is -0.897. The van der Waals surface area contributed by atoms with Crippen LogP contribution in [-0.4, -0.2) is 30.9 Å². The highest BCUT2D eigenvalue weighted by Crippen LogP contribution is 2.18. The molecule has 0 spiro atoms. The number of amides is 3. The average molecular weight is 303 g/mol. The third kappa shape index (κ3) is 4.62. The van der Waals surface area contributed by atoms with E-state index in [1.807, 2.05) is 17.6 Å². The largest absolute Gasteiger partial charge is 0.496 e. The molecule has 1 aliphatic rings. The van der Waals surface area contributed by atoms with E-state index in [2.05, 4.69) is 10.7 Å². The van der Waals surface area contributed by atoms with Gasteiger partial charge in [-0.15, -0.1) is 0 Å². The Bertz CT molecular complexity index is 609. The van der Waals surface area contributed by atoms with Crippen molar-refractivity contribution in [1.29, 1.82) is 0 Å². The smallest absolute Gasteiger partial charge is 0.327 e. The fraction of sp³-hybridized carbons (Fsp3) is 0.267. The molecule has 0 bridgehead atoms. The van der Waals surface area contributed by atoms with E-state index in [1.54, 1.807) is 18.2 Å². The predicted octanol–water partition coefficient (Wildman–Crippen LogP) is 0.134. The zero-order valence-corrected chi connectivity index (χ0v) is 12.1. The SMILES string of the molecule is COc1ccccc1/C=C/C(=O)NNC(=O)C(=O)NC1CC1. The van der Waals surface area contributed by atoms with Crippen LogP contribution >= 0.6 is 0 Å². The van der Waals surface area contributed by atoms with Crippen LogP contribution in [0.3, 0.4) is 0 Å². The first-order valence-corrected chi connectivity index (χ1v) is 6.82. The van der Waals surface area contributed by atoms with E-state index in [4.69, 9.17) is 4.74 Å². The molecule has 0 aromatic heterocycles. The standard InChI is InChI=1S/C15H17N3O4/c1-22-12-5-3-2-4-10(12)6-9-13(19)17-18-15(21)14(20)16-11-7-8-11/h2-6,9,11H,7-8H2,1H3,(H,16,20)(H,17,19)(H,18,21)/b9-6+. The second kappa shape index (κ2) is 7.26. The van der Waals surface area contributed by atoms with Gasteiger partial charge in [-0.2, -0.15) is 0 Å². The Kier molecular flexibility index (Phi) is 5.13. The fourth-order valence-corrected chi connectivity index (χ4v) is 1.66. The number of carbonyl (C=O) groups is 3. The van der Waals surface area contributed by atoms with E-state index >= 15 is 0 Å². The number of carbonyl (C=O) groups excluding carboxylic acids is 3. The summed E-state index contributed by atoms with van der Waals surface area (Å²) in [6.07, 6.45) is 4.54. The van der Waals surface area contributed by atoms with Gasteiger partial charge in [-0.3, -0.25) is 25.2 Å². The molecule has 2 rings (SSSR count). The minimum Gasteiger partial charge on any atom is -0.496 e. The lowest BCUT2D eigenvalue weighted by Crippen LogP contribution is -2.48. The molecule has 0 aliphatic heterocycles. The summed E-state index contributed by atoms with van der Waals surface area (Å²) in [7, 11) is 1.53. The number of benzene rings is 1. The topological polar surface area (TPSA) is 96.5 Å². The molecule has 0 heterocycles. The van der Waals surface area contributed by atoms with Crippen molar-refractivity contribution in [2.45, 2.75) is 18.9 Å². The van der Waals surface area contributed by atoms with Crippen molar-refractivity contribution in [3.05, 3.63) is 35.9 Å². The summed E-state index contributed by atoms with van der Waals surface area (Å²) in [5, 5.41) is 2.51. The van der Waals surface area contributed by atoms with Crippen molar-refractivity contribution in [1.82, 2.24) is 16.2 Å². The lowest BCUT2D eigenvalue weighted by atomic mass is 10.2. The van der Waals surface area contributed by atoms with Crippen LogP contribution in [0, 0.1) is 0 Å². The van der Waals surface area contributed by atoms with Gasteiger partial charge >= 0.3 is 11.8 Å². The molecule has 0 unspecified atom stereocenters. The number of nitrogens with one attached hydrogen (secondary N) is 3. The zero-order chi connectivity index (χ0) is 15.9. The Morgan fingerprint density at radius 2 is 1.86 bits per heavy atom. The molecule has 3 amide bonds. The van der Waals surface area contributed by atoms with Crippen LogP contribution in [0.5, 0.6) is 5.75 Å². The van der Waals surface area contributed by atoms with Gasteiger partial charge in [-0.05, 0) is 25.0 Å². The monoisotopic (exact) mass is 303 g/mol. The molecule has 116 valence electrons. The van der Waals surface area contributed by atoms with Crippen molar-refractivity contribution in [3.8, 4) is 5.75 Å². The number of ether oxygens (including phenoxy) is 1. The number of rotatable bonds is 4. The summed E-state index contributed by atoms with van der Waals surface area (Å²) in [5.41, 5.74) is 4.91. The number of hydrogen-bond donors (Lipinski definition) is 3. The average Bonchev–Trinajstić information content (AvgIpc) is 3.34. The molecule has 0 radical (unpaired) electrons. The predicted molar refractivity (Wildman–Crippen MR) is 79.5 cm³/mol. The van der Waals surface area contributed by atoms with Crippen LogP contribution in [0.25, 0.3) is 6.08 Å². The van der Waals surface area contributed by atoms with Crippen LogP contribution < -0.4 is 20.9 Å². The van der Waals surface area contributed by atoms with Gasteiger partial charge in [0.1, 0.15) is 5.75 Å². The molecule has 1 aromatic rings. The van der Waals surface area contributed by atoms with Crippen LogP contribution in [0.15, 0.2) is 30.3 Å². The molecule has 1 aliphatic carbocycles. The Balaban J connectivity index is 1.80. The summed E-state index contributed by atoms with van der Waals surface area (Å²) in [6, 6.07) is 7.25. The fourth-order valence-electron chi connectivity index (χ4n) is 1.66. The number of hydrazine groups is 1. The maximum Gasteiger partial charge on any atom is 0.327 e. The molecular weight excluding hydrogens is 286 g/mol. The summed E-state index contributed by atoms with van der Waals surface area (Å²) in [6.45, 7) is 0. The molecule has 1 fully saturated rings. The van der Waals surface area contributed by atoms with Crippen LogP contribution in [0.2, 0.25) is 0 Å². The Morgan fingerprint density at radius 3 is 2.55 bits per heavy atom. The highest BCUT2D eigenvalue weighted by molar-refractivity contribution is 6.35. The molecule has 7 nitrogen and oxygen atoms in total. The first-order valence-electron chi connectivity index (χ1n) is 6.82. The normalized spacial score (nSPS) is 13.5. The molecule has 0 saturated heterocycles. The van der Waals surface area contributed by atoms with Gasteiger partial charge in [0.05, 0.1) is 7.11 Å². The van der Waals surface area contributed by atoms with Gasteiger partial charge < -0.3 is 10.1 Å². The molecule has 3 N–H and O–H groups in total. The van der Waals surface area contributed by atoms with Gasteiger partial charge in [-0.1, -0.05) is 18.2 Å². The molecule has 1 aromatic carbocycles. The Labute approximate surface area is 127 Å². The van der Waals surface area contributed by atoms with E-state index in [9.17, 15) is 14.4 Å². The molecule has 1 saturated carbocycles. The van der Waals surface area contributed by atoms with E-state index in [-0.39, 0.29) is 6.04 Å². The molecule has 22 heavy (non-hydrogen) atoms. The van der Waals surface area contributed by atoms with E-state index in [0.29, 0.717) is 5.75 Å². The molecule has 7 heteroatoms. The third-order valence-corrected chi connectivity index (χ3v) is 2.97. The highest BCUT2D eigenvalue weighted by Gasteiger charge is 2.26. The van der Waals surface area contributed by atoms with Gasteiger partial charge in [0, 0.05) is 17.7 Å². The van der Waals surface area contributed by atoms with E-state index in [1.165, 1.54) is 13.2 Å². The Morgan fingerprint density at radius 1 is 1.14 bits per heavy atom. The van der Waals surface area contributed by atoms with Crippen LogP contribution in [-0.2, 0) is 14.4 Å². The number of para-hydroxylation sites is 1. The second-order valence-electron chi connectivity index (χ2n) is 4.77. The summed E-state index contributed by atoms with van der Waals surface area (Å²) in [5.74, 6) is -1.58. The summed E-state index contributed by atoms with van der Waals surface area (Å²) in [4.78, 5) is 34.4. The lowest BCUT2D eigenvalue weighted by Gasteiger charge is -2.06. The van der Waals surface area contributed by atoms with Crippen molar-refractivity contribution in [2.75, 3.05) is 7.11 Å². The summed E-state index contributed by atoms with van der Waals surface area (Å²) < 4.78 is 5.14. The maximum atomic E-state index is 11.6. The third-order valence-electron chi connectivity index (χ3n) is 2.97. The number of hydrogen-bond acceptors (Lipinski definition) is 4. The zero-order valence-electron chi connectivity index (χ0n) is 12.1. The Hall–Kier alpha value is -2.83. The second-order valence-corrected chi connectivity index (χ2v) is 4.77. The first kappa shape index (κ1) is 15.6. The van der Waals surface area contributed by atoms with Crippen molar-refractivity contribution >= 4 is 23.8 Å². The van der Waals surface area contributed by atoms with E-state index in [0.717, 1.165) is 18.4 Å². The summed E-state index contributed by atoms with van der Waals surface area (Å²) >= 11 is 0. The van der Waals surface area contributed by atoms with Gasteiger partial charge in [0.25, 0.3) is 5.91 Å². The van der Waals surface area contributed by atoms with Crippen LogP contribution in [0.1, 0.15) is 18.4 Å². The van der Waals surface area contributed by atoms with Crippen molar-refractivity contribution in [2.24, 2.45) is 0 Å². The van der Waals surface area contributed by atoms with Crippen molar-refractivity contribution < 1.29 is 19.1 Å². The van der Waals surface area contributed by atoms with Gasteiger partial charge in [0.2, 0.25) is 0 Å². The minimum absolute atomic E-state index is 0.0828. The van der Waals surface area contributed by atoms with Gasteiger partial charge in [-0.25, -0.2) is 0 Å². The maximum absolute atomic E-state index is 11.6. The quantitative estimate of drug-likeness (QED) is 0.418. The van der Waals surface area contributed by atoms with E-state index < -0.39 is 17.7 Å². The lowest BCUT2D eigenvalue weighted by molar-refractivity contribution is -0.140. The van der Waals surface area contributed by atoms with Crippen LogP contribution in [0.4, 0.5) is 0 Å². The van der Waals surface area contributed by atoms with Gasteiger partial charge in [0.15, 0.2) is 0 Å².